The maximum atomic E-state index is 13.6. The first-order valence-electron chi connectivity index (χ1n) is 12.0. The average molecular weight is 505 g/mol. The third kappa shape index (κ3) is 6.30. The number of nitrogen functional groups attached to an aromatic ring is 1. The molecular weight excluding hydrogens is 474 g/mol. The highest BCUT2D eigenvalue weighted by atomic mass is 32.2. The number of nitrogens with two attached hydrogens (primary N) is 1. The summed E-state index contributed by atoms with van der Waals surface area (Å²) in [5.41, 5.74) is 9.67. The first-order chi connectivity index (χ1) is 17.4. The van der Waals surface area contributed by atoms with Gasteiger partial charge in [0.25, 0.3) is 0 Å². The number of rotatable bonds is 7. The average Bonchev–Trinajstić information content (AvgIpc) is 3.14. The molecular formula is C27H30N5O3S-. The van der Waals surface area contributed by atoms with Crippen molar-refractivity contribution in [3.8, 4) is 11.1 Å². The fourth-order valence-corrected chi connectivity index (χ4v) is 5.02. The van der Waals surface area contributed by atoms with Gasteiger partial charge in [0.15, 0.2) is 0 Å². The lowest BCUT2D eigenvalue weighted by molar-refractivity contribution is 0.254. The van der Waals surface area contributed by atoms with Crippen LogP contribution in [-0.2, 0) is 11.3 Å². The van der Waals surface area contributed by atoms with Gasteiger partial charge in [0.05, 0.1) is 5.69 Å². The van der Waals surface area contributed by atoms with Crippen LogP contribution in [0.15, 0.2) is 72.8 Å². The zero-order chi connectivity index (χ0) is 25.5. The van der Waals surface area contributed by atoms with Crippen molar-refractivity contribution >= 4 is 40.2 Å². The summed E-state index contributed by atoms with van der Waals surface area (Å²) in [6, 6.07) is 21.5. The van der Waals surface area contributed by atoms with Gasteiger partial charge in [-0.25, -0.2) is 4.79 Å². The van der Waals surface area contributed by atoms with Crippen molar-refractivity contribution < 1.29 is 13.6 Å². The van der Waals surface area contributed by atoms with Crippen molar-refractivity contribution in [3.05, 3.63) is 78.4 Å². The highest BCUT2D eigenvalue weighted by Gasteiger charge is 2.26. The SMILES string of the molecule is N=C(N)c1cccc(N(C(=O)Nc2ccc(-c3ccccc3NS(=O)[O-])cc2)C2CCCCCC2)c1. The Labute approximate surface area is 213 Å². The quantitative estimate of drug-likeness (QED) is 0.144. The fourth-order valence-electron chi connectivity index (χ4n) is 4.66. The van der Waals surface area contributed by atoms with Crippen molar-refractivity contribution in [3.63, 3.8) is 0 Å². The van der Waals surface area contributed by atoms with Gasteiger partial charge in [-0.1, -0.05) is 68.1 Å². The van der Waals surface area contributed by atoms with Crippen molar-refractivity contribution in [1.82, 2.24) is 0 Å². The number of anilines is 3. The van der Waals surface area contributed by atoms with E-state index < -0.39 is 11.3 Å². The van der Waals surface area contributed by atoms with Crippen LogP contribution in [0.25, 0.3) is 11.1 Å². The van der Waals surface area contributed by atoms with Crippen LogP contribution in [0.5, 0.6) is 0 Å². The van der Waals surface area contributed by atoms with E-state index >= 15 is 0 Å². The Balaban J connectivity index is 1.58. The zero-order valence-electron chi connectivity index (χ0n) is 19.9. The molecule has 4 rings (SSSR count). The Kier molecular flexibility index (Phi) is 8.35. The van der Waals surface area contributed by atoms with Crippen LogP contribution in [0, 0.1) is 5.41 Å². The molecule has 1 aliphatic carbocycles. The van der Waals surface area contributed by atoms with Crippen LogP contribution >= 0.6 is 0 Å². The van der Waals surface area contributed by atoms with Gasteiger partial charge in [-0.3, -0.25) is 14.5 Å². The minimum atomic E-state index is -2.43. The number of nitrogens with zero attached hydrogens (tertiary/aromatic N) is 1. The van der Waals surface area contributed by atoms with Gasteiger partial charge < -0.3 is 20.3 Å². The molecule has 9 heteroatoms. The third-order valence-corrected chi connectivity index (χ3v) is 6.80. The molecule has 3 aromatic carbocycles. The summed E-state index contributed by atoms with van der Waals surface area (Å²) in [4.78, 5) is 15.4. The van der Waals surface area contributed by atoms with Crippen LogP contribution in [0.3, 0.4) is 0 Å². The van der Waals surface area contributed by atoms with Crippen LogP contribution in [-0.4, -0.2) is 26.7 Å². The Morgan fingerprint density at radius 1 is 0.972 bits per heavy atom. The number of para-hydroxylation sites is 1. The molecule has 0 radical (unpaired) electrons. The molecule has 1 fully saturated rings. The molecule has 3 aromatic rings. The number of urea groups is 1. The summed E-state index contributed by atoms with van der Waals surface area (Å²) in [6.07, 6.45) is 6.30. The number of benzene rings is 3. The summed E-state index contributed by atoms with van der Waals surface area (Å²) >= 11 is -2.43. The molecule has 188 valence electrons. The maximum Gasteiger partial charge on any atom is 0.326 e. The van der Waals surface area contributed by atoms with Gasteiger partial charge in [0.1, 0.15) is 5.84 Å². The summed E-state index contributed by atoms with van der Waals surface area (Å²) in [7, 11) is 0. The number of amidine groups is 1. The second kappa shape index (κ2) is 11.8. The molecule has 0 heterocycles. The van der Waals surface area contributed by atoms with Gasteiger partial charge in [0, 0.05) is 39.8 Å². The normalized spacial score (nSPS) is 14.9. The minimum Gasteiger partial charge on any atom is -0.755 e. The molecule has 0 aliphatic heterocycles. The Morgan fingerprint density at radius 3 is 2.33 bits per heavy atom. The molecule has 1 unspecified atom stereocenters. The second-order valence-electron chi connectivity index (χ2n) is 8.87. The van der Waals surface area contributed by atoms with Gasteiger partial charge in [-0.15, -0.1) is 0 Å². The molecule has 1 atom stereocenters. The summed E-state index contributed by atoms with van der Waals surface area (Å²) in [5, 5.41) is 10.8. The lowest BCUT2D eigenvalue weighted by Crippen LogP contribution is -2.43. The van der Waals surface area contributed by atoms with E-state index in [1.807, 2.05) is 36.4 Å². The molecule has 8 nitrogen and oxygen atoms in total. The molecule has 1 aliphatic rings. The standard InChI is InChI=1S/C27H31N5O3S/c28-26(29)20-8-7-11-23(18-20)32(22-9-3-1-2-4-10-22)27(33)30-21-16-14-19(15-17-21)24-12-5-6-13-25(24)31-36(34)35/h5-8,11-18,22,31H,1-4,9-10H2,(H3,28,29)(H,30,33)(H,34,35)/p-1. The summed E-state index contributed by atoms with van der Waals surface area (Å²) in [5.74, 6) is -0.0377. The van der Waals surface area contributed by atoms with Gasteiger partial charge >= 0.3 is 6.03 Å². The van der Waals surface area contributed by atoms with Crippen LogP contribution < -0.4 is 20.7 Å². The number of carbonyl (C=O) groups is 1. The van der Waals surface area contributed by atoms with E-state index in [-0.39, 0.29) is 17.9 Å². The van der Waals surface area contributed by atoms with E-state index in [2.05, 4.69) is 10.0 Å². The highest BCUT2D eigenvalue weighted by molar-refractivity contribution is 7.80. The molecule has 5 N–H and O–H groups in total. The van der Waals surface area contributed by atoms with Crippen molar-refractivity contribution in [2.75, 3.05) is 14.9 Å². The first-order valence-corrected chi connectivity index (χ1v) is 13.1. The maximum absolute atomic E-state index is 13.6. The lowest BCUT2D eigenvalue weighted by atomic mass is 10.0. The molecule has 1 saturated carbocycles. The van der Waals surface area contributed by atoms with E-state index in [1.165, 1.54) is 0 Å². The molecule has 0 saturated heterocycles. The molecule has 0 aromatic heterocycles. The van der Waals surface area contributed by atoms with Gasteiger partial charge in [0.2, 0.25) is 0 Å². The summed E-state index contributed by atoms with van der Waals surface area (Å²) < 4.78 is 24.7. The smallest absolute Gasteiger partial charge is 0.326 e. The Hall–Kier alpha value is -3.69. The number of nitrogens with one attached hydrogen (secondary N) is 3. The zero-order valence-corrected chi connectivity index (χ0v) is 20.7. The Bertz CT molecular complexity index is 1240. The van der Waals surface area contributed by atoms with Crippen molar-refractivity contribution in [2.45, 2.75) is 44.6 Å². The topological polar surface area (TPSA) is 134 Å². The van der Waals surface area contributed by atoms with Gasteiger partial charge in [-0.05, 0) is 48.7 Å². The third-order valence-electron chi connectivity index (χ3n) is 6.41. The molecule has 0 spiro atoms. The minimum absolute atomic E-state index is 0.0377. The van der Waals surface area contributed by atoms with E-state index in [0.717, 1.165) is 49.7 Å². The lowest BCUT2D eigenvalue weighted by Gasteiger charge is -2.32. The second-order valence-corrected chi connectivity index (χ2v) is 9.54. The number of hydrogen-bond donors (Lipinski definition) is 4. The highest BCUT2D eigenvalue weighted by Crippen LogP contribution is 2.31. The Morgan fingerprint density at radius 2 is 1.67 bits per heavy atom. The van der Waals surface area contributed by atoms with E-state index in [9.17, 15) is 13.6 Å². The van der Waals surface area contributed by atoms with Gasteiger partial charge in [-0.2, -0.15) is 0 Å². The van der Waals surface area contributed by atoms with Crippen LogP contribution in [0.4, 0.5) is 21.9 Å². The molecule has 2 amide bonds. The van der Waals surface area contributed by atoms with E-state index in [1.54, 1.807) is 41.3 Å². The van der Waals surface area contributed by atoms with Crippen molar-refractivity contribution in [1.29, 1.82) is 5.41 Å². The monoisotopic (exact) mass is 504 g/mol. The van der Waals surface area contributed by atoms with Crippen LogP contribution in [0.1, 0.15) is 44.1 Å². The van der Waals surface area contributed by atoms with Crippen LogP contribution in [0.2, 0.25) is 0 Å². The van der Waals surface area contributed by atoms with E-state index in [0.29, 0.717) is 22.6 Å². The number of hydrogen-bond acceptors (Lipinski definition) is 4. The first kappa shape index (κ1) is 25.4. The molecule has 0 bridgehead atoms. The number of amides is 2. The summed E-state index contributed by atoms with van der Waals surface area (Å²) in [6.45, 7) is 0. The van der Waals surface area contributed by atoms with E-state index in [4.69, 9.17) is 11.1 Å². The number of carbonyl (C=O) groups excluding carboxylic acids is 1. The fraction of sp³-hybridized carbons (Fsp3) is 0.259. The predicted octanol–water partition coefficient (Wildman–Crippen LogP) is 5.60. The largest absolute Gasteiger partial charge is 0.755 e. The predicted molar refractivity (Wildman–Crippen MR) is 145 cm³/mol. The molecule has 36 heavy (non-hydrogen) atoms. The van der Waals surface area contributed by atoms with Crippen molar-refractivity contribution in [2.24, 2.45) is 5.73 Å².